The zero-order valence-corrected chi connectivity index (χ0v) is 15.4. The standard InChI is InChI=1S/C24H24O2/c1-16(25)26-24-15-21(24,2)14-22-11-5-6-12-23(22,20(22)24)19-10-9-17-7-3-4-8-18(17)13-19/h3-4,6-10,12-13,20H,5,11,14-15H2,1-2H3/t20-,21-,22?,23-,24+/m0/s1. The van der Waals surface area contributed by atoms with E-state index < -0.39 is 0 Å². The maximum atomic E-state index is 11.9. The molecule has 0 saturated heterocycles. The first-order chi connectivity index (χ1) is 12.5. The average molecular weight is 344 g/mol. The van der Waals surface area contributed by atoms with Crippen molar-refractivity contribution in [3.05, 3.63) is 60.2 Å². The van der Waals surface area contributed by atoms with Gasteiger partial charge in [0.25, 0.3) is 0 Å². The zero-order chi connectivity index (χ0) is 17.8. The second-order valence-corrected chi connectivity index (χ2v) is 9.36. The van der Waals surface area contributed by atoms with Gasteiger partial charge in [0.15, 0.2) is 0 Å². The Kier molecular flexibility index (Phi) is 2.45. The van der Waals surface area contributed by atoms with E-state index in [2.05, 4.69) is 61.5 Å². The topological polar surface area (TPSA) is 26.3 Å². The number of esters is 1. The van der Waals surface area contributed by atoms with E-state index in [0.29, 0.717) is 5.92 Å². The number of benzene rings is 2. The second kappa shape index (κ2) is 4.24. The Hall–Kier alpha value is -2.09. The highest BCUT2D eigenvalue weighted by Gasteiger charge is 2.96. The third-order valence-electron chi connectivity index (χ3n) is 8.16. The van der Waals surface area contributed by atoms with E-state index in [1.807, 2.05) is 0 Å². The molecular formula is C24H24O2. The molecule has 4 aliphatic rings. The van der Waals surface area contributed by atoms with Crippen LogP contribution in [0, 0.1) is 16.7 Å². The summed E-state index contributed by atoms with van der Waals surface area (Å²) in [4.78, 5) is 11.9. The van der Waals surface area contributed by atoms with Crippen LogP contribution < -0.4 is 0 Å². The van der Waals surface area contributed by atoms with E-state index in [9.17, 15) is 4.79 Å². The van der Waals surface area contributed by atoms with Crippen molar-refractivity contribution in [2.24, 2.45) is 16.7 Å². The van der Waals surface area contributed by atoms with E-state index in [-0.39, 0.29) is 27.8 Å². The summed E-state index contributed by atoms with van der Waals surface area (Å²) >= 11 is 0. The fourth-order valence-electron chi connectivity index (χ4n) is 7.36. The summed E-state index contributed by atoms with van der Waals surface area (Å²) in [5.74, 6) is 0.323. The first-order valence-electron chi connectivity index (χ1n) is 9.84. The fraction of sp³-hybridized carbons (Fsp3) is 0.458. The Labute approximate surface area is 154 Å². The molecule has 132 valence electrons. The van der Waals surface area contributed by atoms with Crippen molar-refractivity contribution in [1.82, 2.24) is 0 Å². The Morgan fingerprint density at radius 3 is 2.73 bits per heavy atom. The minimum Gasteiger partial charge on any atom is -0.458 e. The molecule has 2 nitrogen and oxygen atoms in total. The van der Waals surface area contributed by atoms with E-state index in [4.69, 9.17) is 4.74 Å². The normalized spacial score (nSPS) is 44.2. The van der Waals surface area contributed by atoms with Crippen LogP contribution in [0.5, 0.6) is 0 Å². The van der Waals surface area contributed by atoms with Gasteiger partial charge in [-0.1, -0.05) is 61.5 Å². The van der Waals surface area contributed by atoms with Crippen LogP contribution in [0.1, 0.15) is 45.1 Å². The van der Waals surface area contributed by atoms with Crippen LogP contribution in [0.3, 0.4) is 0 Å². The third kappa shape index (κ3) is 1.43. The average Bonchev–Trinajstić information content (AvgIpc) is 3.40. The van der Waals surface area contributed by atoms with Crippen LogP contribution in [0.25, 0.3) is 10.8 Å². The minimum atomic E-state index is -0.237. The zero-order valence-electron chi connectivity index (χ0n) is 15.4. The van der Waals surface area contributed by atoms with Gasteiger partial charge in [-0.05, 0) is 47.4 Å². The predicted octanol–water partition coefficient (Wildman–Crippen LogP) is 5.16. The first kappa shape index (κ1) is 15.0. The van der Waals surface area contributed by atoms with Gasteiger partial charge in [0.05, 0.1) is 0 Å². The maximum Gasteiger partial charge on any atom is 0.303 e. The molecule has 6 rings (SSSR count). The van der Waals surface area contributed by atoms with Crippen LogP contribution in [0.15, 0.2) is 54.6 Å². The monoisotopic (exact) mass is 344 g/mol. The van der Waals surface area contributed by atoms with Gasteiger partial charge in [0.2, 0.25) is 0 Å². The lowest BCUT2D eigenvalue weighted by atomic mass is 9.74. The molecule has 0 radical (unpaired) electrons. The van der Waals surface area contributed by atoms with Crippen molar-refractivity contribution in [2.75, 3.05) is 0 Å². The van der Waals surface area contributed by atoms with Gasteiger partial charge >= 0.3 is 5.97 Å². The maximum absolute atomic E-state index is 11.9. The highest BCUT2D eigenvalue weighted by Crippen LogP contribution is 2.94. The molecule has 1 spiro atoms. The van der Waals surface area contributed by atoms with Gasteiger partial charge < -0.3 is 4.74 Å². The molecule has 2 aromatic rings. The SMILES string of the molecule is CC(=O)O[C@@]12C[C@]1(C)CC13CCC=C[C@]1(c1ccc4ccccc4c1)[C@H]32. The molecule has 26 heavy (non-hydrogen) atoms. The van der Waals surface area contributed by atoms with Gasteiger partial charge in [-0.2, -0.15) is 0 Å². The Morgan fingerprint density at radius 2 is 1.92 bits per heavy atom. The number of hydrogen-bond acceptors (Lipinski definition) is 2. The summed E-state index contributed by atoms with van der Waals surface area (Å²) in [6.45, 7) is 3.91. The van der Waals surface area contributed by atoms with Crippen molar-refractivity contribution in [1.29, 1.82) is 0 Å². The summed E-state index contributed by atoms with van der Waals surface area (Å²) in [6.07, 6.45) is 9.43. The number of hydrogen-bond donors (Lipinski definition) is 0. The van der Waals surface area contributed by atoms with Crippen molar-refractivity contribution in [3.63, 3.8) is 0 Å². The molecule has 0 amide bonds. The largest absolute Gasteiger partial charge is 0.458 e. The number of rotatable bonds is 2. The molecule has 3 fully saturated rings. The molecule has 0 aliphatic heterocycles. The Balaban J connectivity index is 1.53. The molecule has 3 saturated carbocycles. The first-order valence-corrected chi connectivity index (χ1v) is 9.84. The smallest absolute Gasteiger partial charge is 0.303 e. The molecule has 2 aromatic carbocycles. The van der Waals surface area contributed by atoms with Crippen molar-refractivity contribution < 1.29 is 9.53 Å². The predicted molar refractivity (Wildman–Crippen MR) is 102 cm³/mol. The molecule has 2 heteroatoms. The number of ether oxygens (including phenoxy) is 1. The van der Waals surface area contributed by atoms with Gasteiger partial charge in [-0.25, -0.2) is 0 Å². The lowest BCUT2D eigenvalue weighted by Crippen LogP contribution is -2.31. The van der Waals surface area contributed by atoms with E-state index in [0.717, 1.165) is 12.8 Å². The van der Waals surface area contributed by atoms with Crippen LogP contribution in [-0.2, 0) is 14.9 Å². The summed E-state index contributed by atoms with van der Waals surface area (Å²) < 4.78 is 6.08. The fourth-order valence-corrected chi connectivity index (χ4v) is 7.36. The van der Waals surface area contributed by atoms with E-state index >= 15 is 0 Å². The Bertz CT molecular complexity index is 1010. The van der Waals surface area contributed by atoms with E-state index in [1.165, 1.54) is 29.2 Å². The van der Waals surface area contributed by atoms with E-state index in [1.54, 1.807) is 6.92 Å². The third-order valence-corrected chi connectivity index (χ3v) is 8.16. The van der Waals surface area contributed by atoms with Gasteiger partial charge in [-0.3, -0.25) is 4.79 Å². The van der Waals surface area contributed by atoms with Crippen molar-refractivity contribution in [2.45, 2.75) is 50.5 Å². The lowest BCUT2D eigenvalue weighted by Gasteiger charge is -2.31. The van der Waals surface area contributed by atoms with Crippen LogP contribution >= 0.6 is 0 Å². The van der Waals surface area contributed by atoms with Crippen molar-refractivity contribution in [3.8, 4) is 0 Å². The molecule has 0 aromatic heterocycles. The molecule has 5 atom stereocenters. The molecule has 0 heterocycles. The second-order valence-electron chi connectivity index (χ2n) is 9.36. The van der Waals surface area contributed by atoms with Crippen LogP contribution in [0.4, 0.5) is 0 Å². The Morgan fingerprint density at radius 1 is 1.12 bits per heavy atom. The van der Waals surface area contributed by atoms with Gasteiger partial charge in [-0.15, -0.1) is 0 Å². The van der Waals surface area contributed by atoms with Gasteiger partial charge in [0, 0.05) is 23.7 Å². The summed E-state index contributed by atoms with van der Waals surface area (Å²) in [6, 6.07) is 15.5. The molecular weight excluding hydrogens is 320 g/mol. The molecule has 4 aliphatic carbocycles. The summed E-state index contributed by atoms with van der Waals surface area (Å²) in [7, 11) is 0. The molecule has 1 unspecified atom stereocenters. The number of allylic oxidation sites excluding steroid dienone is 2. The molecule has 0 N–H and O–H groups in total. The number of carbonyl (C=O) groups excluding carboxylic acids is 1. The number of carbonyl (C=O) groups is 1. The summed E-state index contributed by atoms with van der Waals surface area (Å²) in [5, 5.41) is 2.59. The van der Waals surface area contributed by atoms with Crippen LogP contribution in [-0.4, -0.2) is 11.6 Å². The quantitative estimate of drug-likeness (QED) is 0.556. The van der Waals surface area contributed by atoms with Crippen LogP contribution in [0.2, 0.25) is 0 Å². The highest BCUT2D eigenvalue weighted by atomic mass is 16.6. The lowest BCUT2D eigenvalue weighted by molar-refractivity contribution is -0.151. The van der Waals surface area contributed by atoms with Crippen molar-refractivity contribution >= 4 is 16.7 Å². The minimum absolute atomic E-state index is 0.0563. The summed E-state index contributed by atoms with van der Waals surface area (Å²) in [5.41, 5.74) is 1.71. The van der Waals surface area contributed by atoms with Gasteiger partial charge in [0.1, 0.15) is 5.60 Å². The molecule has 0 bridgehead atoms. The highest BCUT2D eigenvalue weighted by molar-refractivity contribution is 5.84. The number of fused-ring (bicyclic) bond motifs is 4.